The molecule has 1 aromatic heterocycles. The Morgan fingerprint density at radius 3 is 3.11 bits per heavy atom. The van der Waals surface area contributed by atoms with E-state index in [1.807, 2.05) is 25.1 Å². The fourth-order valence-electron chi connectivity index (χ4n) is 2.38. The highest BCUT2D eigenvalue weighted by molar-refractivity contribution is 5.74. The molecule has 0 N–H and O–H groups in total. The molecule has 1 fully saturated rings. The van der Waals surface area contributed by atoms with Crippen LogP contribution in [0, 0.1) is 12.8 Å². The molecule has 0 radical (unpaired) electrons. The van der Waals surface area contributed by atoms with Crippen LogP contribution >= 0.6 is 0 Å². The maximum absolute atomic E-state index is 5.83. The van der Waals surface area contributed by atoms with Crippen LogP contribution in [-0.4, -0.2) is 35.6 Å². The van der Waals surface area contributed by atoms with Gasteiger partial charge in [0, 0.05) is 26.1 Å². The van der Waals surface area contributed by atoms with Gasteiger partial charge in [-0.25, -0.2) is 4.98 Å². The second-order valence-corrected chi connectivity index (χ2v) is 5.67. The zero-order valence-corrected chi connectivity index (χ0v) is 11.7. The van der Waals surface area contributed by atoms with Crippen molar-refractivity contribution in [3.05, 3.63) is 24.1 Å². The predicted molar refractivity (Wildman–Crippen MR) is 74.4 cm³/mol. The molecule has 0 spiro atoms. The molecule has 2 atom stereocenters. The molecule has 0 saturated carbocycles. The number of rotatable bonds is 5. The first-order valence-corrected chi connectivity index (χ1v) is 6.86. The number of hydrogen-bond acceptors (Lipinski definition) is 4. The van der Waals surface area contributed by atoms with Crippen molar-refractivity contribution in [2.75, 3.05) is 19.7 Å². The van der Waals surface area contributed by atoms with Gasteiger partial charge in [-0.15, -0.1) is 0 Å². The molecule has 2 aromatic rings. The fraction of sp³-hybridized carbons (Fsp3) is 0.533. The molecule has 0 bridgehead atoms. The first kappa shape index (κ1) is 12.5. The summed E-state index contributed by atoms with van der Waals surface area (Å²) in [7, 11) is 0. The minimum atomic E-state index is 0.578. The Labute approximate surface area is 113 Å². The van der Waals surface area contributed by atoms with Crippen molar-refractivity contribution in [2.45, 2.75) is 26.8 Å². The molecule has 3 rings (SSSR count). The highest BCUT2D eigenvalue weighted by atomic mass is 16.5. The van der Waals surface area contributed by atoms with Crippen molar-refractivity contribution >= 4 is 11.1 Å². The van der Waals surface area contributed by atoms with Gasteiger partial charge in [0.25, 0.3) is 0 Å². The van der Waals surface area contributed by atoms with Crippen molar-refractivity contribution in [1.82, 2.24) is 9.88 Å². The van der Waals surface area contributed by atoms with Gasteiger partial charge in [0.15, 0.2) is 11.5 Å². The number of ether oxygens (including phenoxy) is 1. The van der Waals surface area contributed by atoms with Crippen LogP contribution < -0.4 is 4.74 Å². The minimum Gasteiger partial charge on any atom is -0.492 e. The van der Waals surface area contributed by atoms with Crippen LogP contribution in [0.25, 0.3) is 11.1 Å². The van der Waals surface area contributed by atoms with E-state index in [2.05, 4.69) is 23.7 Å². The second kappa shape index (κ2) is 4.85. The van der Waals surface area contributed by atoms with E-state index in [1.54, 1.807) is 0 Å². The summed E-state index contributed by atoms with van der Waals surface area (Å²) in [5.41, 5.74) is 1.68. The van der Waals surface area contributed by atoms with Gasteiger partial charge in [0.05, 0.1) is 6.04 Å². The molecule has 4 heteroatoms. The highest BCUT2D eigenvalue weighted by Crippen LogP contribution is 2.24. The molecular formula is C15H20N2O2. The lowest BCUT2D eigenvalue weighted by Gasteiger charge is -2.08. The van der Waals surface area contributed by atoms with Crippen molar-refractivity contribution in [3.63, 3.8) is 0 Å². The Hall–Kier alpha value is -1.55. The number of aromatic nitrogens is 1. The van der Waals surface area contributed by atoms with E-state index < -0.39 is 0 Å². The van der Waals surface area contributed by atoms with Gasteiger partial charge >= 0.3 is 0 Å². The average molecular weight is 260 g/mol. The predicted octanol–water partition coefficient (Wildman–Crippen LogP) is 2.86. The van der Waals surface area contributed by atoms with Gasteiger partial charge in [-0.1, -0.05) is 13.8 Å². The van der Waals surface area contributed by atoms with E-state index in [1.165, 1.54) is 0 Å². The van der Waals surface area contributed by atoms with E-state index in [0.29, 0.717) is 11.9 Å². The van der Waals surface area contributed by atoms with E-state index in [-0.39, 0.29) is 0 Å². The summed E-state index contributed by atoms with van der Waals surface area (Å²) in [5.74, 6) is 2.27. The number of oxazole rings is 1. The fourth-order valence-corrected chi connectivity index (χ4v) is 2.38. The van der Waals surface area contributed by atoms with Gasteiger partial charge < -0.3 is 9.15 Å². The molecule has 0 aliphatic carbocycles. The van der Waals surface area contributed by atoms with Crippen LogP contribution in [0.2, 0.25) is 0 Å². The standard InChI is InChI=1S/C15H20N2O2/c1-10(2)7-17-8-12(17)9-18-13-4-5-14-15(6-13)19-11(3)16-14/h4-6,10,12H,7-9H2,1-3H3. The zero-order valence-electron chi connectivity index (χ0n) is 11.7. The maximum atomic E-state index is 5.83. The second-order valence-electron chi connectivity index (χ2n) is 5.67. The van der Waals surface area contributed by atoms with Gasteiger partial charge in [-0.2, -0.15) is 0 Å². The highest BCUT2D eigenvalue weighted by Gasteiger charge is 2.34. The third-order valence-electron chi connectivity index (χ3n) is 3.34. The van der Waals surface area contributed by atoms with Crippen molar-refractivity contribution < 1.29 is 9.15 Å². The van der Waals surface area contributed by atoms with Crippen LogP contribution in [0.4, 0.5) is 0 Å². The van der Waals surface area contributed by atoms with Crippen molar-refractivity contribution in [2.24, 2.45) is 5.92 Å². The summed E-state index contributed by atoms with van der Waals surface area (Å²) in [6.45, 7) is 9.42. The average Bonchev–Trinajstić information content (AvgIpc) is 2.95. The monoisotopic (exact) mass is 260 g/mol. The number of nitrogens with zero attached hydrogens (tertiary/aromatic N) is 2. The van der Waals surface area contributed by atoms with Crippen LogP contribution in [-0.2, 0) is 0 Å². The summed E-state index contributed by atoms with van der Waals surface area (Å²) >= 11 is 0. The quantitative estimate of drug-likeness (QED) is 0.775. The topological polar surface area (TPSA) is 38.3 Å². The number of fused-ring (bicyclic) bond motifs is 1. The molecule has 2 heterocycles. The van der Waals surface area contributed by atoms with Gasteiger partial charge in [-0.05, 0) is 18.1 Å². The molecular weight excluding hydrogens is 240 g/mol. The molecule has 19 heavy (non-hydrogen) atoms. The largest absolute Gasteiger partial charge is 0.492 e. The van der Waals surface area contributed by atoms with E-state index >= 15 is 0 Å². The molecule has 0 amide bonds. The van der Waals surface area contributed by atoms with E-state index in [9.17, 15) is 0 Å². The lowest BCUT2D eigenvalue weighted by atomic mass is 10.2. The summed E-state index contributed by atoms with van der Waals surface area (Å²) in [4.78, 5) is 6.72. The number of benzene rings is 1. The Bertz CT molecular complexity index is 577. The van der Waals surface area contributed by atoms with Gasteiger partial charge in [0.2, 0.25) is 0 Å². The Balaban J connectivity index is 1.57. The Morgan fingerprint density at radius 1 is 1.47 bits per heavy atom. The molecule has 1 saturated heterocycles. The summed E-state index contributed by atoms with van der Waals surface area (Å²) < 4.78 is 11.3. The normalized spacial score (nSPS) is 22.1. The lowest BCUT2D eigenvalue weighted by molar-refractivity contribution is 0.287. The first-order valence-electron chi connectivity index (χ1n) is 6.86. The van der Waals surface area contributed by atoms with Gasteiger partial charge in [-0.3, -0.25) is 4.90 Å². The molecule has 102 valence electrons. The lowest BCUT2D eigenvalue weighted by Crippen LogP contribution is -2.14. The zero-order chi connectivity index (χ0) is 13.4. The van der Waals surface area contributed by atoms with Crippen molar-refractivity contribution in [3.8, 4) is 5.75 Å². The van der Waals surface area contributed by atoms with Crippen LogP contribution in [0.5, 0.6) is 5.75 Å². The number of aryl methyl sites for hydroxylation is 1. The van der Waals surface area contributed by atoms with Crippen LogP contribution in [0.1, 0.15) is 19.7 Å². The minimum absolute atomic E-state index is 0.578. The molecule has 2 unspecified atom stereocenters. The smallest absolute Gasteiger partial charge is 0.192 e. The molecule has 1 aliphatic rings. The molecule has 4 nitrogen and oxygen atoms in total. The first-order chi connectivity index (χ1) is 9.11. The SMILES string of the molecule is Cc1nc2ccc(OCC3CN3CC(C)C)cc2o1. The van der Waals surface area contributed by atoms with Crippen LogP contribution in [0.15, 0.2) is 22.6 Å². The summed E-state index contributed by atoms with van der Waals surface area (Å²) in [6, 6.07) is 6.40. The third-order valence-corrected chi connectivity index (χ3v) is 3.34. The number of hydrogen-bond donors (Lipinski definition) is 0. The van der Waals surface area contributed by atoms with Crippen LogP contribution in [0.3, 0.4) is 0 Å². The third kappa shape index (κ3) is 2.89. The van der Waals surface area contributed by atoms with E-state index in [0.717, 1.165) is 42.5 Å². The summed E-state index contributed by atoms with van der Waals surface area (Å²) in [5, 5.41) is 0. The maximum Gasteiger partial charge on any atom is 0.192 e. The van der Waals surface area contributed by atoms with Gasteiger partial charge in [0.1, 0.15) is 17.9 Å². The molecule has 1 aliphatic heterocycles. The molecule has 1 aromatic carbocycles. The Kier molecular flexibility index (Phi) is 3.19. The van der Waals surface area contributed by atoms with E-state index in [4.69, 9.17) is 9.15 Å². The Morgan fingerprint density at radius 2 is 2.32 bits per heavy atom. The summed E-state index contributed by atoms with van der Waals surface area (Å²) in [6.07, 6.45) is 0. The van der Waals surface area contributed by atoms with Crippen molar-refractivity contribution in [1.29, 1.82) is 0 Å².